The molecule has 1 fully saturated rings. The molecule has 35 heavy (non-hydrogen) atoms. The first-order chi connectivity index (χ1) is 16.7. The maximum absolute atomic E-state index is 12.6. The van der Waals surface area contributed by atoms with Gasteiger partial charge < -0.3 is 28.8 Å². The third-order valence-electron chi connectivity index (χ3n) is 5.64. The average molecular weight is 503 g/mol. The van der Waals surface area contributed by atoms with Gasteiger partial charge in [-0.15, -0.1) is 0 Å². The van der Waals surface area contributed by atoms with Crippen molar-refractivity contribution in [1.29, 1.82) is 0 Å². The van der Waals surface area contributed by atoms with Crippen molar-refractivity contribution < 1.29 is 38.4 Å². The van der Waals surface area contributed by atoms with Gasteiger partial charge in [-0.2, -0.15) is 0 Å². The molecule has 0 spiro atoms. The molecule has 0 unspecified atom stereocenters. The summed E-state index contributed by atoms with van der Waals surface area (Å²) in [4.78, 5) is 25.1. The van der Waals surface area contributed by atoms with Crippen molar-refractivity contribution in [1.82, 2.24) is 0 Å². The van der Waals surface area contributed by atoms with E-state index in [1.54, 1.807) is 61.7 Å². The van der Waals surface area contributed by atoms with Crippen LogP contribution < -0.4 is 4.74 Å². The van der Waals surface area contributed by atoms with E-state index in [1.807, 2.05) is 0 Å². The fraction of sp³-hybridized carbons (Fsp3) is 0.462. The number of benzene rings is 2. The number of esters is 2. The van der Waals surface area contributed by atoms with E-state index in [-0.39, 0.29) is 13.0 Å². The van der Waals surface area contributed by atoms with Crippen LogP contribution in [0.25, 0.3) is 0 Å². The molecule has 2 aromatic carbocycles. The van der Waals surface area contributed by atoms with Crippen molar-refractivity contribution >= 4 is 20.0 Å². The Balaban J connectivity index is 1.66. The Bertz CT molecular complexity index is 958. The Labute approximate surface area is 207 Å². The molecule has 0 saturated carbocycles. The maximum atomic E-state index is 12.6. The molecule has 8 nitrogen and oxygen atoms in total. The molecule has 190 valence electrons. The minimum absolute atomic E-state index is 0.175. The van der Waals surface area contributed by atoms with Gasteiger partial charge in [-0.05, 0) is 42.4 Å². The minimum atomic E-state index is -1.33. The SMILES string of the molecule is COc1ccc(C(=O)OC[C@H]2O[C@@H](OCC[Si](C)(C)C)C[C@@H](OC(=O)c3ccccc3)[C@@H]2O)cc1. The predicted octanol–water partition coefficient (Wildman–Crippen LogP) is 3.91. The Morgan fingerprint density at radius 3 is 2.29 bits per heavy atom. The van der Waals surface area contributed by atoms with E-state index in [1.165, 1.54) is 0 Å². The van der Waals surface area contributed by atoms with Crippen LogP contribution >= 0.6 is 0 Å². The molecule has 0 bridgehead atoms. The van der Waals surface area contributed by atoms with E-state index in [0.29, 0.717) is 23.5 Å². The van der Waals surface area contributed by atoms with Gasteiger partial charge in [0.25, 0.3) is 0 Å². The Morgan fingerprint density at radius 2 is 1.66 bits per heavy atom. The summed E-state index contributed by atoms with van der Waals surface area (Å²) in [7, 11) is 0.212. The second-order valence-corrected chi connectivity index (χ2v) is 15.3. The van der Waals surface area contributed by atoms with Crippen molar-refractivity contribution in [2.24, 2.45) is 0 Å². The molecular formula is C26H34O8Si. The van der Waals surface area contributed by atoms with Crippen LogP contribution in [0.5, 0.6) is 5.75 Å². The van der Waals surface area contributed by atoms with Crippen molar-refractivity contribution in [3.8, 4) is 5.75 Å². The fourth-order valence-electron chi connectivity index (χ4n) is 3.51. The molecule has 0 amide bonds. The van der Waals surface area contributed by atoms with Crippen LogP contribution in [0.2, 0.25) is 25.7 Å². The van der Waals surface area contributed by atoms with Crippen molar-refractivity contribution in [2.45, 2.75) is 56.7 Å². The highest BCUT2D eigenvalue weighted by molar-refractivity contribution is 6.76. The number of methoxy groups -OCH3 is 1. The van der Waals surface area contributed by atoms with E-state index in [2.05, 4.69) is 19.6 Å². The summed E-state index contributed by atoms with van der Waals surface area (Å²) in [6.07, 6.45) is -3.51. The number of aliphatic hydroxyl groups is 1. The summed E-state index contributed by atoms with van der Waals surface area (Å²) in [5.74, 6) is -0.497. The zero-order valence-corrected chi connectivity index (χ0v) is 21.6. The number of carbonyl (C=O) groups is 2. The lowest BCUT2D eigenvalue weighted by Gasteiger charge is -2.38. The van der Waals surface area contributed by atoms with Gasteiger partial charge in [0.1, 0.15) is 30.7 Å². The molecule has 4 atom stereocenters. The van der Waals surface area contributed by atoms with Gasteiger partial charge in [0.2, 0.25) is 0 Å². The monoisotopic (exact) mass is 502 g/mol. The molecule has 1 N–H and O–H groups in total. The number of hydrogen-bond donors (Lipinski definition) is 1. The molecule has 2 aromatic rings. The number of ether oxygens (including phenoxy) is 5. The minimum Gasteiger partial charge on any atom is -0.497 e. The van der Waals surface area contributed by atoms with Crippen LogP contribution in [-0.4, -0.2) is 70.0 Å². The molecule has 9 heteroatoms. The first-order valence-electron chi connectivity index (χ1n) is 11.7. The molecule has 0 radical (unpaired) electrons. The number of carbonyl (C=O) groups excluding carboxylic acids is 2. The van der Waals surface area contributed by atoms with Crippen LogP contribution in [0.4, 0.5) is 0 Å². The van der Waals surface area contributed by atoms with Crippen molar-refractivity contribution in [2.75, 3.05) is 20.3 Å². The quantitative estimate of drug-likeness (QED) is 0.386. The maximum Gasteiger partial charge on any atom is 0.338 e. The molecule has 0 aromatic heterocycles. The van der Waals surface area contributed by atoms with Crippen LogP contribution in [0.15, 0.2) is 54.6 Å². The summed E-state index contributed by atoms with van der Waals surface area (Å²) in [6.45, 7) is 7.00. The topological polar surface area (TPSA) is 101 Å². The van der Waals surface area contributed by atoms with E-state index in [9.17, 15) is 14.7 Å². The van der Waals surface area contributed by atoms with Gasteiger partial charge in [-0.3, -0.25) is 0 Å². The van der Waals surface area contributed by atoms with E-state index in [0.717, 1.165) is 6.04 Å². The summed E-state index contributed by atoms with van der Waals surface area (Å²) in [5.41, 5.74) is 0.718. The fourth-order valence-corrected chi connectivity index (χ4v) is 4.24. The van der Waals surface area contributed by atoms with Crippen LogP contribution in [0.1, 0.15) is 27.1 Å². The second-order valence-electron chi connectivity index (χ2n) is 9.65. The van der Waals surface area contributed by atoms with Crippen LogP contribution in [-0.2, 0) is 18.9 Å². The zero-order valence-electron chi connectivity index (χ0n) is 20.6. The molecule has 1 aliphatic rings. The lowest BCUT2D eigenvalue weighted by molar-refractivity contribution is -0.255. The predicted molar refractivity (Wildman–Crippen MR) is 132 cm³/mol. The van der Waals surface area contributed by atoms with Crippen molar-refractivity contribution in [3.05, 3.63) is 65.7 Å². The van der Waals surface area contributed by atoms with Gasteiger partial charge in [0, 0.05) is 21.1 Å². The summed E-state index contributed by atoms with van der Waals surface area (Å²) in [5, 5.41) is 10.9. The number of hydrogen-bond acceptors (Lipinski definition) is 8. The van der Waals surface area contributed by atoms with Gasteiger partial charge >= 0.3 is 11.9 Å². The average Bonchev–Trinajstić information content (AvgIpc) is 2.84. The summed E-state index contributed by atoms with van der Waals surface area (Å²) in [6, 6.07) is 16.0. The van der Waals surface area contributed by atoms with E-state index < -0.39 is 44.6 Å². The lowest BCUT2D eigenvalue weighted by Crippen LogP contribution is -2.52. The molecule has 1 saturated heterocycles. The highest BCUT2D eigenvalue weighted by atomic mass is 28.3. The zero-order chi connectivity index (χ0) is 25.4. The molecule has 0 aliphatic carbocycles. The summed E-state index contributed by atoms with van der Waals surface area (Å²) >= 11 is 0. The highest BCUT2D eigenvalue weighted by Gasteiger charge is 2.41. The smallest absolute Gasteiger partial charge is 0.338 e. The van der Waals surface area contributed by atoms with Crippen LogP contribution in [0.3, 0.4) is 0 Å². The molecule has 1 heterocycles. The van der Waals surface area contributed by atoms with Gasteiger partial charge in [-0.1, -0.05) is 37.8 Å². The normalized spacial score (nSPS) is 22.3. The lowest BCUT2D eigenvalue weighted by atomic mass is 10.0. The Kier molecular flexibility index (Phi) is 9.45. The van der Waals surface area contributed by atoms with Gasteiger partial charge in [-0.25, -0.2) is 9.59 Å². The van der Waals surface area contributed by atoms with Crippen molar-refractivity contribution in [3.63, 3.8) is 0 Å². The second kappa shape index (κ2) is 12.3. The molecule has 3 rings (SSSR count). The first-order valence-corrected chi connectivity index (χ1v) is 15.4. The number of aliphatic hydroxyl groups excluding tert-OH is 1. The third-order valence-corrected chi connectivity index (χ3v) is 7.35. The summed E-state index contributed by atoms with van der Waals surface area (Å²) < 4.78 is 28.0. The highest BCUT2D eigenvalue weighted by Crippen LogP contribution is 2.26. The van der Waals surface area contributed by atoms with Gasteiger partial charge in [0.15, 0.2) is 6.29 Å². The third kappa shape index (κ3) is 8.17. The van der Waals surface area contributed by atoms with E-state index >= 15 is 0 Å². The standard InChI is InChI=1S/C26H34O8Si/c1-30-20-12-10-19(11-13-20)25(28)32-17-22-24(27)21(34-26(29)18-8-6-5-7-9-18)16-23(33-22)31-14-15-35(2,3)4/h5-13,21-24,27H,14-17H2,1-4H3/t21-,22-,23-,24+/m1/s1. The Morgan fingerprint density at radius 1 is 1.00 bits per heavy atom. The largest absolute Gasteiger partial charge is 0.497 e. The van der Waals surface area contributed by atoms with Crippen LogP contribution in [0, 0.1) is 0 Å². The molecule has 1 aliphatic heterocycles. The van der Waals surface area contributed by atoms with E-state index in [4.69, 9.17) is 23.7 Å². The Hall–Kier alpha value is -2.72. The first kappa shape index (κ1) is 26.9. The molecular weight excluding hydrogens is 468 g/mol. The number of rotatable bonds is 10. The van der Waals surface area contributed by atoms with Gasteiger partial charge in [0.05, 0.1) is 18.2 Å².